The number of thioether (sulfide) groups is 1. The predicted molar refractivity (Wildman–Crippen MR) is 97.2 cm³/mol. The number of fused-ring (bicyclic) bond motifs is 1. The molecular formula is C18H16N4OS. The summed E-state index contributed by atoms with van der Waals surface area (Å²) in [7, 11) is 0. The lowest BCUT2D eigenvalue weighted by Gasteiger charge is -2.01. The lowest BCUT2D eigenvalue weighted by atomic mass is 10.2. The van der Waals surface area contributed by atoms with Gasteiger partial charge in [0.25, 0.3) is 0 Å². The minimum absolute atomic E-state index is 0.162. The number of nitrogens with zero attached hydrogens (tertiary/aromatic N) is 3. The van der Waals surface area contributed by atoms with E-state index in [1.807, 2.05) is 55.5 Å². The monoisotopic (exact) mass is 336 g/mol. The van der Waals surface area contributed by atoms with Crippen molar-refractivity contribution in [3.05, 3.63) is 66.0 Å². The Balaban J connectivity index is 1.52. The minimum atomic E-state index is -0.162. The topological polar surface area (TPSA) is 67.2 Å². The number of rotatable bonds is 5. The molecule has 0 saturated heterocycles. The molecule has 0 atom stereocenters. The molecule has 120 valence electrons. The van der Waals surface area contributed by atoms with E-state index in [4.69, 9.17) is 0 Å². The number of carbonyl (C=O) groups is 1. The SMILES string of the molecule is Cc1ccc(SCC(=O)N/N=C\c2cnc3ccccc3n2)cc1. The average molecular weight is 336 g/mol. The van der Waals surface area contributed by atoms with E-state index < -0.39 is 0 Å². The fraction of sp³-hybridized carbons (Fsp3) is 0.111. The van der Waals surface area contributed by atoms with Crippen LogP contribution in [0.3, 0.4) is 0 Å². The summed E-state index contributed by atoms with van der Waals surface area (Å²) in [5, 5.41) is 3.93. The summed E-state index contributed by atoms with van der Waals surface area (Å²) in [4.78, 5) is 21.6. The van der Waals surface area contributed by atoms with Crippen LogP contribution in [0.15, 0.2) is 64.7 Å². The number of hydrogen-bond donors (Lipinski definition) is 1. The third kappa shape index (κ3) is 4.39. The highest BCUT2D eigenvalue weighted by atomic mass is 32.2. The largest absolute Gasteiger partial charge is 0.272 e. The average Bonchev–Trinajstić information content (AvgIpc) is 2.61. The van der Waals surface area contributed by atoms with Crippen LogP contribution in [-0.2, 0) is 4.79 Å². The molecule has 0 spiro atoms. The summed E-state index contributed by atoms with van der Waals surface area (Å²) in [5.41, 5.74) is 5.92. The maximum Gasteiger partial charge on any atom is 0.250 e. The quantitative estimate of drug-likeness (QED) is 0.441. The van der Waals surface area contributed by atoms with Crippen LogP contribution < -0.4 is 5.43 Å². The normalized spacial score (nSPS) is 11.0. The molecule has 0 fully saturated rings. The molecule has 1 amide bonds. The summed E-state index contributed by atoms with van der Waals surface area (Å²) < 4.78 is 0. The highest BCUT2D eigenvalue weighted by Gasteiger charge is 2.02. The Bertz CT molecular complexity index is 878. The van der Waals surface area contributed by atoms with Crippen LogP contribution in [0.25, 0.3) is 11.0 Å². The van der Waals surface area contributed by atoms with Gasteiger partial charge in [0.2, 0.25) is 5.91 Å². The molecule has 5 nitrogen and oxygen atoms in total. The van der Waals surface area contributed by atoms with Crippen molar-refractivity contribution in [2.24, 2.45) is 5.10 Å². The fourth-order valence-corrected chi connectivity index (χ4v) is 2.71. The molecule has 1 N–H and O–H groups in total. The van der Waals surface area contributed by atoms with Gasteiger partial charge in [-0.15, -0.1) is 11.8 Å². The molecule has 3 aromatic rings. The molecule has 3 rings (SSSR count). The van der Waals surface area contributed by atoms with E-state index in [1.165, 1.54) is 23.5 Å². The zero-order chi connectivity index (χ0) is 16.8. The Morgan fingerprint density at radius 1 is 1.17 bits per heavy atom. The molecule has 0 aliphatic heterocycles. The minimum Gasteiger partial charge on any atom is -0.272 e. The number of para-hydroxylation sites is 2. The van der Waals surface area contributed by atoms with E-state index in [2.05, 4.69) is 20.5 Å². The van der Waals surface area contributed by atoms with Crippen molar-refractivity contribution < 1.29 is 4.79 Å². The van der Waals surface area contributed by atoms with Crippen LogP contribution in [0.4, 0.5) is 0 Å². The number of benzene rings is 2. The van der Waals surface area contributed by atoms with Crippen LogP contribution in [-0.4, -0.2) is 27.8 Å². The summed E-state index contributed by atoms with van der Waals surface area (Å²) in [6, 6.07) is 15.7. The molecule has 0 aliphatic carbocycles. The molecule has 2 aromatic carbocycles. The number of aryl methyl sites for hydroxylation is 1. The van der Waals surface area contributed by atoms with Crippen LogP contribution in [0.1, 0.15) is 11.3 Å². The maximum atomic E-state index is 11.8. The Kier molecular flexibility index (Phi) is 5.18. The third-order valence-corrected chi connectivity index (χ3v) is 4.26. The zero-order valence-corrected chi connectivity index (χ0v) is 14.0. The predicted octanol–water partition coefficient (Wildman–Crippen LogP) is 3.18. The lowest BCUT2D eigenvalue weighted by molar-refractivity contribution is -0.118. The molecule has 0 radical (unpaired) electrons. The first-order valence-electron chi connectivity index (χ1n) is 7.44. The summed E-state index contributed by atoms with van der Waals surface area (Å²) >= 11 is 1.47. The Labute approximate surface area is 144 Å². The van der Waals surface area contributed by atoms with Gasteiger partial charge in [0.05, 0.1) is 29.2 Å². The van der Waals surface area contributed by atoms with Gasteiger partial charge in [0.15, 0.2) is 0 Å². The second-order valence-corrected chi connectivity index (χ2v) is 6.23. The zero-order valence-electron chi connectivity index (χ0n) is 13.1. The number of nitrogens with one attached hydrogen (secondary N) is 1. The van der Waals surface area contributed by atoms with Crippen LogP contribution in [0, 0.1) is 6.92 Å². The maximum absolute atomic E-state index is 11.8. The van der Waals surface area contributed by atoms with Crippen molar-refractivity contribution in [3.8, 4) is 0 Å². The van der Waals surface area contributed by atoms with Gasteiger partial charge in [-0.25, -0.2) is 10.4 Å². The van der Waals surface area contributed by atoms with Crippen molar-refractivity contribution in [1.29, 1.82) is 0 Å². The fourth-order valence-electron chi connectivity index (χ4n) is 2.02. The van der Waals surface area contributed by atoms with E-state index in [-0.39, 0.29) is 5.91 Å². The van der Waals surface area contributed by atoms with E-state index >= 15 is 0 Å². The Hall–Kier alpha value is -2.73. The summed E-state index contributed by atoms with van der Waals surface area (Å²) in [6.45, 7) is 2.03. The smallest absolute Gasteiger partial charge is 0.250 e. The molecule has 0 unspecified atom stereocenters. The van der Waals surface area contributed by atoms with Gasteiger partial charge in [-0.2, -0.15) is 5.10 Å². The first kappa shape index (κ1) is 16.1. The van der Waals surface area contributed by atoms with E-state index in [9.17, 15) is 4.79 Å². The second-order valence-electron chi connectivity index (χ2n) is 5.18. The van der Waals surface area contributed by atoms with Gasteiger partial charge < -0.3 is 0 Å². The Morgan fingerprint density at radius 2 is 1.92 bits per heavy atom. The van der Waals surface area contributed by atoms with Gasteiger partial charge >= 0.3 is 0 Å². The molecule has 6 heteroatoms. The van der Waals surface area contributed by atoms with Gasteiger partial charge in [0, 0.05) is 4.90 Å². The first-order chi connectivity index (χ1) is 11.7. The Morgan fingerprint density at radius 3 is 2.71 bits per heavy atom. The van der Waals surface area contributed by atoms with Crippen molar-refractivity contribution >= 4 is 34.9 Å². The highest BCUT2D eigenvalue weighted by molar-refractivity contribution is 8.00. The van der Waals surface area contributed by atoms with E-state index in [1.54, 1.807) is 6.20 Å². The molecule has 0 saturated carbocycles. The number of hydrazone groups is 1. The molecule has 0 bridgehead atoms. The van der Waals surface area contributed by atoms with Gasteiger partial charge in [0.1, 0.15) is 5.69 Å². The van der Waals surface area contributed by atoms with Crippen LogP contribution >= 0.6 is 11.8 Å². The van der Waals surface area contributed by atoms with Gasteiger partial charge in [-0.05, 0) is 31.2 Å². The van der Waals surface area contributed by atoms with Crippen molar-refractivity contribution in [1.82, 2.24) is 15.4 Å². The third-order valence-electron chi connectivity index (χ3n) is 3.24. The second kappa shape index (κ2) is 7.70. The van der Waals surface area contributed by atoms with Gasteiger partial charge in [-0.3, -0.25) is 9.78 Å². The van der Waals surface area contributed by atoms with E-state index in [0.717, 1.165) is 15.9 Å². The van der Waals surface area contributed by atoms with Crippen molar-refractivity contribution in [2.75, 3.05) is 5.75 Å². The van der Waals surface area contributed by atoms with Crippen LogP contribution in [0.2, 0.25) is 0 Å². The van der Waals surface area contributed by atoms with Crippen molar-refractivity contribution in [3.63, 3.8) is 0 Å². The summed E-state index contributed by atoms with van der Waals surface area (Å²) in [5.74, 6) is 0.148. The number of amides is 1. The number of hydrogen-bond acceptors (Lipinski definition) is 5. The molecule has 1 aromatic heterocycles. The van der Waals surface area contributed by atoms with Crippen LogP contribution in [0.5, 0.6) is 0 Å². The van der Waals surface area contributed by atoms with Gasteiger partial charge in [-0.1, -0.05) is 29.8 Å². The summed E-state index contributed by atoms with van der Waals surface area (Å²) in [6.07, 6.45) is 3.12. The number of carbonyl (C=O) groups excluding carboxylic acids is 1. The lowest BCUT2D eigenvalue weighted by Crippen LogP contribution is -2.19. The molecule has 0 aliphatic rings. The standard InChI is InChI=1S/C18H16N4OS/c1-13-6-8-15(9-7-13)24-12-18(23)22-20-11-14-10-19-16-4-2-3-5-17(16)21-14/h2-11H,12H2,1H3,(H,22,23)/b20-11-. The van der Waals surface area contributed by atoms with Crippen molar-refractivity contribution in [2.45, 2.75) is 11.8 Å². The molecule has 24 heavy (non-hydrogen) atoms. The molecule has 1 heterocycles. The van der Waals surface area contributed by atoms with E-state index in [0.29, 0.717) is 11.4 Å². The number of aromatic nitrogens is 2. The highest BCUT2D eigenvalue weighted by Crippen LogP contribution is 2.17. The molecular weight excluding hydrogens is 320 g/mol. The first-order valence-corrected chi connectivity index (χ1v) is 8.42.